The molecule has 1 amide bonds. The second-order valence-electron chi connectivity index (χ2n) is 5.07. The highest BCUT2D eigenvalue weighted by atomic mass is 32.2. The molecule has 0 radical (unpaired) electrons. The van der Waals surface area contributed by atoms with E-state index in [1.807, 2.05) is 18.2 Å². The van der Waals surface area contributed by atoms with Crippen molar-refractivity contribution in [1.29, 1.82) is 0 Å². The van der Waals surface area contributed by atoms with Crippen LogP contribution in [0.15, 0.2) is 30.3 Å². The average molecular weight is 312 g/mol. The first kappa shape index (κ1) is 15.9. The Kier molecular flexibility index (Phi) is 5.29. The number of primary amides is 1. The van der Waals surface area contributed by atoms with Gasteiger partial charge in [0.05, 0.1) is 0 Å². The Labute approximate surface area is 124 Å². The predicted octanol–water partition coefficient (Wildman–Crippen LogP) is -0.876. The molecule has 2 rings (SSSR count). The van der Waals surface area contributed by atoms with Gasteiger partial charge in [0.15, 0.2) is 0 Å². The molecule has 0 unspecified atom stereocenters. The molecule has 1 aliphatic rings. The van der Waals surface area contributed by atoms with Gasteiger partial charge in [-0.15, -0.1) is 4.83 Å². The van der Waals surface area contributed by atoms with E-state index in [1.54, 1.807) is 5.01 Å². The summed E-state index contributed by atoms with van der Waals surface area (Å²) in [6.45, 7) is 3.51. The normalized spacial score (nSPS) is 17.7. The Hall–Kier alpha value is -1.48. The zero-order valence-corrected chi connectivity index (χ0v) is 12.6. The Morgan fingerprint density at radius 1 is 1.14 bits per heavy atom. The van der Waals surface area contributed by atoms with Gasteiger partial charge in [0.25, 0.3) is 0 Å². The zero-order valence-electron chi connectivity index (χ0n) is 11.7. The van der Waals surface area contributed by atoms with Crippen molar-refractivity contribution >= 4 is 15.9 Å². The molecule has 116 valence electrons. The van der Waals surface area contributed by atoms with Crippen molar-refractivity contribution in [2.45, 2.75) is 6.54 Å². The van der Waals surface area contributed by atoms with Crippen LogP contribution in [-0.2, 0) is 21.4 Å². The molecule has 1 fully saturated rings. The highest BCUT2D eigenvalue weighted by Gasteiger charge is 2.22. The highest BCUT2D eigenvalue weighted by molar-refractivity contribution is 7.90. The molecule has 0 bridgehead atoms. The van der Waals surface area contributed by atoms with E-state index in [0.29, 0.717) is 13.1 Å². The van der Waals surface area contributed by atoms with Gasteiger partial charge in [-0.1, -0.05) is 30.3 Å². The first-order chi connectivity index (χ1) is 9.94. The van der Waals surface area contributed by atoms with Gasteiger partial charge in [-0.3, -0.25) is 9.69 Å². The third kappa shape index (κ3) is 5.43. The summed E-state index contributed by atoms with van der Waals surface area (Å²) in [5.74, 6) is -1.54. The Morgan fingerprint density at radius 2 is 1.76 bits per heavy atom. The molecule has 7 nitrogen and oxygen atoms in total. The molecular weight excluding hydrogens is 292 g/mol. The lowest BCUT2D eigenvalue weighted by molar-refractivity contribution is -0.115. The number of nitrogens with two attached hydrogens (primary N) is 1. The van der Waals surface area contributed by atoms with E-state index < -0.39 is 21.7 Å². The van der Waals surface area contributed by atoms with Crippen LogP contribution in [0.4, 0.5) is 0 Å². The molecule has 1 saturated heterocycles. The number of benzene rings is 1. The Morgan fingerprint density at radius 3 is 2.33 bits per heavy atom. The van der Waals surface area contributed by atoms with E-state index in [4.69, 9.17) is 5.73 Å². The largest absolute Gasteiger partial charge is 0.369 e. The number of carbonyl (C=O) groups is 1. The van der Waals surface area contributed by atoms with Crippen LogP contribution in [0.3, 0.4) is 0 Å². The number of carbonyl (C=O) groups excluding carboxylic acids is 1. The number of hydrogen-bond acceptors (Lipinski definition) is 5. The van der Waals surface area contributed by atoms with Crippen LogP contribution in [-0.4, -0.2) is 56.2 Å². The van der Waals surface area contributed by atoms with E-state index >= 15 is 0 Å². The SMILES string of the molecule is NC(=O)CS(=O)(=O)NN1CCN(Cc2ccccc2)CC1. The standard InChI is InChI=1S/C13H20N4O3S/c14-13(18)11-21(19,20)15-17-8-6-16(7-9-17)10-12-4-2-1-3-5-12/h1-5,15H,6-11H2,(H2,14,18). The summed E-state index contributed by atoms with van der Waals surface area (Å²) < 4.78 is 23.2. The molecule has 1 heterocycles. The van der Waals surface area contributed by atoms with Gasteiger partial charge in [0, 0.05) is 32.7 Å². The number of hydrogen-bond donors (Lipinski definition) is 2. The van der Waals surface area contributed by atoms with Crippen molar-refractivity contribution in [3.8, 4) is 0 Å². The van der Waals surface area contributed by atoms with Crippen LogP contribution in [0, 0.1) is 0 Å². The number of hydrazine groups is 1. The summed E-state index contributed by atoms with van der Waals surface area (Å²) in [5, 5.41) is 1.61. The molecule has 0 aromatic heterocycles. The number of nitrogens with zero attached hydrogens (tertiary/aromatic N) is 2. The van der Waals surface area contributed by atoms with Gasteiger partial charge in [-0.2, -0.15) is 0 Å². The third-order valence-corrected chi connectivity index (χ3v) is 4.42. The van der Waals surface area contributed by atoms with Crippen molar-refractivity contribution in [2.75, 3.05) is 31.9 Å². The first-order valence-corrected chi connectivity index (χ1v) is 8.39. The van der Waals surface area contributed by atoms with E-state index in [-0.39, 0.29) is 0 Å². The summed E-state index contributed by atoms with van der Waals surface area (Å²) in [6, 6.07) is 10.1. The van der Waals surface area contributed by atoms with Crippen molar-refractivity contribution in [1.82, 2.24) is 14.7 Å². The van der Waals surface area contributed by atoms with E-state index in [1.165, 1.54) is 5.56 Å². The Balaban J connectivity index is 1.79. The number of amides is 1. The minimum Gasteiger partial charge on any atom is -0.369 e. The highest BCUT2D eigenvalue weighted by Crippen LogP contribution is 2.07. The van der Waals surface area contributed by atoms with Gasteiger partial charge in [0.2, 0.25) is 15.9 Å². The van der Waals surface area contributed by atoms with Gasteiger partial charge >= 0.3 is 0 Å². The van der Waals surface area contributed by atoms with Crippen molar-refractivity contribution in [3.63, 3.8) is 0 Å². The minimum absolute atomic E-state index is 0.574. The Bertz CT molecular complexity index is 568. The molecule has 0 saturated carbocycles. The monoisotopic (exact) mass is 312 g/mol. The summed E-state index contributed by atoms with van der Waals surface area (Å²) >= 11 is 0. The van der Waals surface area contributed by atoms with Gasteiger partial charge in [0.1, 0.15) is 5.75 Å². The molecule has 21 heavy (non-hydrogen) atoms. The molecule has 0 aliphatic carbocycles. The quantitative estimate of drug-likeness (QED) is 0.711. The molecule has 0 spiro atoms. The molecule has 1 aromatic rings. The average Bonchev–Trinajstić information content (AvgIpc) is 2.40. The summed E-state index contributed by atoms with van der Waals surface area (Å²) in [4.78, 5) is 15.3. The molecule has 0 atom stereocenters. The smallest absolute Gasteiger partial charge is 0.234 e. The molecular formula is C13H20N4O3S. The summed E-state index contributed by atoms with van der Waals surface area (Å²) in [7, 11) is -3.67. The number of piperazine rings is 1. The topological polar surface area (TPSA) is 95.7 Å². The lowest BCUT2D eigenvalue weighted by atomic mass is 10.2. The van der Waals surface area contributed by atoms with E-state index in [9.17, 15) is 13.2 Å². The number of nitrogens with one attached hydrogen (secondary N) is 1. The number of rotatable bonds is 6. The fourth-order valence-corrected chi connectivity index (χ4v) is 3.27. The summed E-state index contributed by atoms with van der Waals surface area (Å²) in [5.41, 5.74) is 6.14. The van der Waals surface area contributed by atoms with Gasteiger partial charge in [-0.25, -0.2) is 13.4 Å². The molecule has 3 N–H and O–H groups in total. The van der Waals surface area contributed by atoms with Crippen LogP contribution in [0.2, 0.25) is 0 Å². The van der Waals surface area contributed by atoms with Crippen molar-refractivity contribution in [2.24, 2.45) is 5.73 Å². The fraction of sp³-hybridized carbons (Fsp3) is 0.462. The minimum atomic E-state index is -3.67. The third-order valence-electron chi connectivity index (χ3n) is 3.22. The van der Waals surface area contributed by atoms with Gasteiger partial charge < -0.3 is 5.73 Å². The maximum atomic E-state index is 11.6. The second kappa shape index (κ2) is 6.99. The fourth-order valence-electron chi connectivity index (χ4n) is 2.26. The van der Waals surface area contributed by atoms with Crippen molar-refractivity contribution in [3.05, 3.63) is 35.9 Å². The second-order valence-corrected chi connectivity index (χ2v) is 6.77. The number of sulfonamides is 1. The van der Waals surface area contributed by atoms with Crippen LogP contribution >= 0.6 is 0 Å². The van der Waals surface area contributed by atoms with Crippen LogP contribution in [0.5, 0.6) is 0 Å². The van der Waals surface area contributed by atoms with Crippen LogP contribution < -0.4 is 10.6 Å². The van der Waals surface area contributed by atoms with Crippen molar-refractivity contribution < 1.29 is 13.2 Å². The maximum absolute atomic E-state index is 11.6. The lowest BCUT2D eigenvalue weighted by Crippen LogP contribution is -2.54. The molecule has 1 aromatic carbocycles. The predicted molar refractivity (Wildman–Crippen MR) is 79.4 cm³/mol. The maximum Gasteiger partial charge on any atom is 0.234 e. The molecule has 8 heteroatoms. The summed E-state index contributed by atoms with van der Waals surface area (Å²) in [6.07, 6.45) is 0. The first-order valence-electron chi connectivity index (χ1n) is 6.74. The molecule has 1 aliphatic heterocycles. The van der Waals surface area contributed by atoms with Crippen LogP contribution in [0.1, 0.15) is 5.56 Å². The van der Waals surface area contributed by atoms with Gasteiger partial charge in [-0.05, 0) is 5.56 Å². The zero-order chi connectivity index (χ0) is 15.3. The van der Waals surface area contributed by atoms with E-state index in [2.05, 4.69) is 21.9 Å². The van der Waals surface area contributed by atoms with E-state index in [0.717, 1.165) is 19.6 Å². The lowest BCUT2D eigenvalue weighted by Gasteiger charge is -2.34. The van der Waals surface area contributed by atoms with Crippen LogP contribution in [0.25, 0.3) is 0 Å².